The monoisotopic (exact) mass is 315 g/mol. The van der Waals surface area contributed by atoms with Gasteiger partial charge < -0.3 is 0 Å². The summed E-state index contributed by atoms with van der Waals surface area (Å²) < 4.78 is 26.8. The van der Waals surface area contributed by atoms with Gasteiger partial charge in [0.05, 0.1) is 12.1 Å². The molecule has 1 aromatic heterocycles. The number of anilines is 1. The number of nitrogens with zero attached hydrogens (tertiary/aromatic N) is 4. The summed E-state index contributed by atoms with van der Waals surface area (Å²) in [6.07, 6.45) is 0. The highest BCUT2D eigenvalue weighted by Crippen LogP contribution is 2.27. The number of benzene rings is 1. The molecule has 1 N–H and O–H groups in total. The van der Waals surface area contributed by atoms with E-state index in [1.165, 1.54) is 7.05 Å². The van der Waals surface area contributed by atoms with Crippen LogP contribution in [0.5, 0.6) is 0 Å². The van der Waals surface area contributed by atoms with Gasteiger partial charge in [-0.3, -0.25) is 0 Å². The van der Waals surface area contributed by atoms with Crippen molar-refractivity contribution < 1.29 is 8.42 Å². The fraction of sp³-hybridized carbons (Fsp3) is 0.364. The van der Waals surface area contributed by atoms with Crippen LogP contribution in [-0.4, -0.2) is 28.6 Å². The number of aromatic nitrogens is 4. The molecule has 7 nitrogen and oxygen atoms in total. The van der Waals surface area contributed by atoms with E-state index in [0.717, 1.165) is 10.4 Å². The molecule has 2 aromatic rings. The van der Waals surface area contributed by atoms with Crippen molar-refractivity contribution in [2.45, 2.75) is 24.7 Å². The number of hydrogen-bond donors (Lipinski definition) is 1. The van der Waals surface area contributed by atoms with Crippen molar-refractivity contribution in [1.82, 2.24) is 20.2 Å². The number of halogens is 1. The average molecular weight is 316 g/mol. The molecule has 108 valence electrons. The minimum atomic E-state index is -3.85. The van der Waals surface area contributed by atoms with E-state index < -0.39 is 10.0 Å². The summed E-state index contributed by atoms with van der Waals surface area (Å²) in [6.45, 7) is 3.94. The number of hydrogen-bond acceptors (Lipinski definition) is 5. The molecule has 0 unspecified atom stereocenters. The summed E-state index contributed by atoms with van der Waals surface area (Å²) in [5.74, 6) is 0.0920. The van der Waals surface area contributed by atoms with Gasteiger partial charge in [0.2, 0.25) is 0 Å². The van der Waals surface area contributed by atoms with E-state index in [-0.39, 0.29) is 21.8 Å². The quantitative estimate of drug-likeness (QED) is 0.929. The van der Waals surface area contributed by atoms with Crippen molar-refractivity contribution in [2.24, 2.45) is 7.05 Å². The Labute approximate surface area is 122 Å². The summed E-state index contributed by atoms with van der Waals surface area (Å²) in [6, 6.07) is 4.91. The highest BCUT2D eigenvalue weighted by Gasteiger charge is 2.21. The van der Waals surface area contributed by atoms with Gasteiger partial charge in [-0.05, 0) is 28.8 Å². The topological polar surface area (TPSA) is 89.8 Å². The van der Waals surface area contributed by atoms with Gasteiger partial charge in [0.25, 0.3) is 16.0 Å². The molecular formula is C11H14ClN5O2S. The van der Waals surface area contributed by atoms with Crippen LogP contribution in [0.25, 0.3) is 0 Å². The number of aryl methyl sites for hydroxylation is 1. The van der Waals surface area contributed by atoms with Crippen molar-refractivity contribution in [1.29, 1.82) is 0 Å². The maximum atomic E-state index is 12.3. The molecule has 0 fully saturated rings. The second-order valence-corrected chi connectivity index (χ2v) is 6.61. The van der Waals surface area contributed by atoms with Crippen molar-refractivity contribution in [3.8, 4) is 0 Å². The minimum Gasteiger partial charge on any atom is -0.244 e. The highest BCUT2D eigenvalue weighted by atomic mass is 35.5. The van der Waals surface area contributed by atoms with Crippen LogP contribution in [-0.2, 0) is 17.1 Å². The molecule has 9 heteroatoms. The van der Waals surface area contributed by atoms with Gasteiger partial charge in [-0.2, -0.15) is 4.80 Å². The Balaban J connectivity index is 2.40. The first-order valence-corrected chi connectivity index (χ1v) is 7.72. The minimum absolute atomic E-state index is 0.00202. The van der Waals surface area contributed by atoms with E-state index in [1.807, 2.05) is 13.8 Å². The van der Waals surface area contributed by atoms with Gasteiger partial charge in [-0.15, -0.1) is 5.10 Å². The van der Waals surface area contributed by atoms with Crippen molar-refractivity contribution in [2.75, 3.05) is 4.72 Å². The summed E-state index contributed by atoms with van der Waals surface area (Å²) in [7, 11) is -2.31. The third-order valence-electron chi connectivity index (χ3n) is 2.65. The van der Waals surface area contributed by atoms with Gasteiger partial charge in [0.15, 0.2) is 0 Å². The normalized spacial score (nSPS) is 11.8. The maximum absolute atomic E-state index is 12.3. The smallest absolute Gasteiger partial charge is 0.244 e. The molecule has 0 bridgehead atoms. The average Bonchev–Trinajstić information content (AvgIpc) is 2.73. The van der Waals surface area contributed by atoms with Crippen LogP contribution in [0.1, 0.15) is 25.3 Å². The van der Waals surface area contributed by atoms with E-state index in [0.29, 0.717) is 0 Å². The molecule has 0 atom stereocenters. The lowest BCUT2D eigenvalue weighted by atomic mass is 10.0. The number of sulfonamides is 1. The van der Waals surface area contributed by atoms with Crippen molar-refractivity contribution in [3.63, 3.8) is 0 Å². The molecule has 1 aromatic carbocycles. The third kappa shape index (κ3) is 3.07. The molecule has 2 rings (SSSR count). The summed E-state index contributed by atoms with van der Waals surface area (Å²) in [4.78, 5) is 1.15. The number of rotatable bonds is 4. The maximum Gasteiger partial charge on any atom is 0.277 e. The molecule has 0 aliphatic rings. The lowest BCUT2D eigenvalue weighted by Gasteiger charge is -2.10. The van der Waals surface area contributed by atoms with Gasteiger partial charge in [0, 0.05) is 0 Å². The lowest BCUT2D eigenvalue weighted by Crippen LogP contribution is -2.15. The zero-order valence-electron chi connectivity index (χ0n) is 11.2. The number of nitrogens with one attached hydrogen (secondary N) is 1. The van der Waals surface area contributed by atoms with E-state index in [9.17, 15) is 8.42 Å². The van der Waals surface area contributed by atoms with Crippen molar-refractivity contribution >= 4 is 27.6 Å². The fourth-order valence-electron chi connectivity index (χ4n) is 1.59. The van der Waals surface area contributed by atoms with Crippen LogP contribution in [0.2, 0.25) is 5.02 Å². The Hall–Kier alpha value is -1.67. The van der Waals surface area contributed by atoms with E-state index in [2.05, 4.69) is 20.1 Å². The fourth-order valence-corrected chi connectivity index (χ4v) is 3.06. The van der Waals surface area contributed by atoms with Crippen LogP contribution in [0.15, 0.2) is 23.1 Å². The first-order chi connectivity index (χ1) is 9.29. The molecule has 0 radical (unpaired) electrons. The molecular weight excluding hydrogens is 302 g/mol. The molecule has 0 saturated heterocycles. The standard InChI is InChI=1S/C11H14ClN5O2S/c1-7(2)8-4-5-9(12)10(6-8)20(18,19)15-11-13-16-17(3)14-11/h4-7H,1-3H3,(H,14,15). The Morgan fingerprint density at radius 2 is 2.05 bits per heavy atom. The lowest BCUT2D eigenvalue weighted by molar-refractivity contribution is 0.600. The number of tetrazole rings is 1. The van der Waals surface area contributed by atoms with E-state index in [1.54, 1.807) is 18.2 Å². The van der Waals surface area contributed by atoms with Gasteiger partial charge >= 0.3 is 0 Å². The predicted octanol–water partition coefficient (Wildman–Crippen LogP) is 1.79. The highest BCUT2D eigenvalue weighted by molar-refractivity contribution is 7.92. The zero-order valence-corrected chi connectivity index (χ0v) is 12.8. The molecule has 20 heavy (non-hydrogen) atoms. The largest absolute Gasteiger partial charge is 0.277 e. The molecule has 0 aliphatic carbocycles. The third-order valence-corrected chi connectivity index (χ3v) is 4.46. The molecule has 0 spiro atoms. The van der Waals surface area contributed by atoms with E-state index in [4.69, 9.17) is 11.6 Å². The van der Waals surface area contributed by atoms with Crippen LogP contribution < -0.4 is 4.72 Å². The predicted molar refractivity (Wildman–Crippen MR) is 75.1 cm³/mol. The summed E-state index contributed by atoms with van der Waals surface area (Å²) in [5, 5.41) is 11.1. The Morgan fingerprint density at radius 3 is 2.60 bits per heavy atom. The van der Waals surface area contributed by atoms with Crippen LogP contribution >= 0.6 is 11.6 Å². The van der Waals surface area contributed by atoms with Gasteiger partial charge in [-0.25, -0.2) is 13.1 Å². The molecule has 0 amide bonds. The molecule has 1 heterocycles. The first kappa shape index (κ1) is 14.7. The van der Waals surface area contributed by atoms with Crippen LogP contribution in [0, 0.1) is 0 Å². The zero-order chi connectivity index (χ0) is 14.9. The Bertz CT molecular complexity index is 726. The Morgan fingerprint density at radius 1 is 1.35 bits per heavy atom. The van der Waals surface area contributed by atoms with Crippen LogP contribution in [0.3, 0.4) is 0 Å². The second-order valence-electron chi connectivity index (χ2n) is 4.55. The van der Waals surface area contributed by atoms with Gasteiger partial charge in [0.1, 0.15) is 4.90 Å². The SMILES string of the molecule is CC(C)c1ccc(Cl)c(S(=O)(=O)Nc2nnn(C)n2)c1. The Kier molecular flexibility index (Phi) is 3.96. The van der Waals surface area contributed by atoms with Crippen molar-refractivity contribution in [3.05, 3.63) is 28.8 Å². The molecule has 0 aliphatic heterocycles. The van der Waals surface area contributed by atoms with E-state index >= 15 is 0 Å². The summed E-state index contributed by atoms with van der Waals surface area (Å²) in [5.41, 5.74) is 0.877. The second kappa shape index (κ2) is 5.37. The first-order valence-electron chi connectivity index (χ1n) is 5.86. The molecule has 0 saturated carbocycles. The van der Waals surface area contributed by atoms with Gasteiger partial charge in [-0.1, -0.05) is 36.6 Å². The summed E-state index contributed by atoms with van der Waals surface area (Å²) >= 11 is 5.98. The van der Waals surface area contributed by atoms with Crippen LogP contribution in [0.4, 0.5) is 5.95 Å².